The summed E-state index contributed by atoms with van der Waals surface area (Å²) >= 11 is 0. The van der Waals surface area contributed by atoms with E-state index in [2.05, 4.69) is 21.4 Å². The Balaban J connectivity index is 1.28. The predicted octanol–water partition coefficient (Wildman–Crippen LogP) is 4.56. The fourth-order valence-corrected chi connectivity index (χ4v) is 4.75. The van der Waals surface area contributed by atoms with Crippen molar-refractivity contribution < 1.29 is 27.6 Å². The number of hydrazine groups is 1. The summed E-state index contributed by atoms with van der Waals surface area (Å²) in [5.41, 5.74) is 12.4. The third-order valence-corrected chi connectivity index (χ3v) is 6.95. The van der Waals surface area contributed by atoms with E-state index >= 15 is 0 Å². The third-order valence-electron chi connectivity index (χ3n) is 6.95. The molecule has 4 aromatic rings. The van der Waals surface area contributed by atoms with Gasteiger partial charge in [0.1, 0.15) is 17.2 Å². The first-order chi connectivity index (χ1) is 18.7. The van der Waals surface area contributed by atoms with Crippen LogP contribution in [0.5, 0.6) is 0 Å². The number of carbonyl (C=O) groups is 3. The molecule has 1 aliphatic carbocycles. The molecule has 3 amide bonds. The summed E-state index contributed by atoms with van der Waals surface area (Å²) < 4.78 is 25.4. The van der Waals surface area contributed by atoms with Gasteiger partial charge in [0.15, 0.2) is 5.76 Å². The summed E-state index contributed by atoms with van der Waals surface area (Å²) in [6.45, 7) is 5.70. The third kappa shape index (κ3) is 5.05. The minimum Gasteiger partial charge on any atom is -0.464 e. The number of hydrazone groups is 1. The molecule has 39 heavy (non-hydrogen) atoms. The van der Waals surface area contributed by atoms with Crippen LogP contribution < -0.4 is 16.3 Å². The molecule has 0 unspecified atom stereocenters. The number of amides is 3. The van der Waals surface area contributed by atoms with Crippen molar-refractivity contribution in [2.45, 2.75) is 46.5 Å². The second kappa shape index (κ2) is 10.6. The van der Waals surface area contributed by atoms with Gasteiger partial charge in [0.2, 0.25) is 5.91 Å². The zero-order valence-electron chi connectivity index (χ0n) is 21.7. The van der Waals surface area contributed by atoms with Crippen molar-refractivity contribution in [3.8, 4) is 0 Å². The van der Waals surface area contributed by atoms with Gasteiger partial charge in [-0.3, -0.25) is 25.2 Å². The highest BCUT2D eigenvalue weighted by molar-refractivity contribution is 6.07. The maximum atomic E-state index is 13.8. The van der Waals surface area contributed by atoms with E-state index in [1.165, 1.54) is 18.2 Å². The van der Waals surface area contributed by atoms with E-state index in [4.69, 9.17) is 8.83 Å². The quantitative estimate of drug-likeness (QED) is 0.326. The van der Waals surface area contributed by atoms with Gasteiger partial charge in [-0.2, -0.15) is 5.10 Å². The van der Waals surface area contributed by atoms with Crippen LogP contribution in [0.2, 0.25) is 0 Å². The van der Waals surface area contributed by atoms with Crippen LogP contribution in [-0.4, -0.2) is 23.4 Å². The van der Waals surface area contributed by atoms with Crippen LogP contribution in [0, 0.1) is 26.6 Å². The largest absolute Gasteiger partial charge is 0.464 e. The highest BCUT2D eigenvalue weighted by atomic mass is 19.1. The number of nitrogens with one attached hydrogen (secondary N) is 3. The van der Waals surface area contributed by atoms with Crippen LogP contribution in [0.4, 0.5) is 4.39 Å². The second-order valence-corrected chi connectivity index (χ2v) is 9.51. The van der Waals surface area contributed by atoms with Crippen molar-refractivity contribution in [1.82, 2.24) is 16.3 Å². The Labute approximate surface area is 223 Å². The number of carbonyl (C=O) groups excluding carboxylic acids is 3. The molecule has 5 rings (SSSR count). The van der Waals surface area contributed by atoms with Gasteiger partial charge in [-0.15, -0.1) is 0 Å². The maximum absolute atomic E-state index is 13.8. The fourth-order valence-electron chi connectivity index (χ4n) is 4.75. The first kappa shape index (κ1) is 25.9. The van der Waals surface area contributed by atoms with Crippen LogP contribution in [-0.2, 0) is 17.6 Å². The van der Waals surface area contributed by atoms with E-state index < -0.39 is 17.6 Å². The number of benzene rings is 2. The summed E-state index contributed by atoms with van der Waals surface area (Å²) in [6, 6.07) is 9.39. The molecule has 0 spiro atoms. The van der Waals surface area contributed by atoms with Crippen LogP contribution in [0.1, 0.15) is 67.3 Å². The summed E-state index contributed by atoms with van der Waals surface area (Å²) in [5.74, 6) is -1.91. The lowest BCUT2D eigenvalue weighted by atomic mass is 9.93. The zero-order chi connectivity index (χ0) is 27.7. The Bertz CT molecular complexity index is 1650. The van der Waals surface area contributed by atoms with Crippen LogP contribution in [0.3, 0.4) is 0 Å². The molecule has 2 aromatic heterocycles. The van der Waals surface area contributed by atoms with Crippen LogP contribution in [0.15, 0.2) is 56.6 Å². The summed E-state index contributed by atoms with van der Waals surface area (Å²) in [4.78, 5) is 37.7. The van der Waals surface area contributed by atoms with E-state index in [1.807, 2.05) is 26.0 Å². The molecule has 200 valence electrons. The highest BCUT2D eigenvalue weighted by Gasteiger charge is 2.28. The Morgan fingerprint density at radius 3 is 2.54 bits per heavy atom. The van der Waals surface area contributed by atoms with Gasteiger partial charge in [0.05, 0.1) is 24.0 Å². The molecule has 10 heteroatoms. The van der Waals surface area contributed by atoms with Crippen molar-refractivity contribution in [2.24, 2.45) is 5.10 Å². The summed E-state index contributed by atoms with van der Waals surface area (Å²) in [6.07, 6.45) is 3.60. The minimum atomic E-state index is -0.795. The number of hydrogen-bond acceptors (Lipinski definition) is 6. The lowest BCUT2D eigenvalue weighted by Gasteiger charge is -2.13. The van der Waals surface area contributed by atoms with E-state index in [1.54, 1.807) is 13.2 Å². The molecular weight excluding hydrogens is 503 g/mol. The van der Waals surface area contributed by atoms with Crippen LogP contribution in [0.25, 0.3) is 11.0 Å². The summed E-state index contributed by atoms with van der Waals surface area (Å²) in [5, 5.41) is 5.25. The zero-order valence-corrected chi connectivity index (χ0v) is 21.7. The number of halogens is 1. The molecule has 0 atom stereocenters. The molecular formula is C29H27FN4O5. The van der Waals surface area contributed by atoms with Gasteiger partial charge in [0, 0.05) is 28.5 Å². The Kier molecular flexibility index (Phi) is 7.02. The lowest BCUT2D eigenvalue weighted by Crippen LogP contribution is -2.42. The molecule has 3 N–H and O–H groups in total. The molecule has 0 bridgehead atoms. The molecule has 2 heterocycles. The number of nitrogens with zero attached hydrogens (tertiary/aromatic N) is 1. The van der Waals surface area contributed by atoms with Crippen molar-refractivity contribution in [3.63, 3.8) is 0 Å². The molecule has 1 aliphatic rings. The van der Waals surface area contributed by atoms with Crippen molar-refractivity contribution in [2.75, 3.05) is 0 Å². The van der Waals surface area contributed by atoms with E-state index in [0.717, 1.165) is 40.1 Å². The van der Waals surface area contributed by atoms with Gasteiger partial charge < -0.3 is 8.83 Å². The number of hydrogen-bond donors (Lipinski definition) is 3. The normalized spacial score (nSPS) is 13.8. The molecule has 0 aliphatic heterocycles. The number of furan rings is 2. The second-order valence-electron chi connectivity index (χ2n) is 9.51. The van der Waals surface area contributed by atoms with Crippen LogP contribution >= 0.6 is 0 Å². The molecule has 2 aromatic carbocycles. The SMILES string of the molecule is Cc1ccc2c(CC(=O)N/N=C3\CCCc4oc(C(=O)NNC(=O)c5ccccc5F)c(C)c43)coc2c1C. The van der Waals surface area contributed by atoms with Crippen molar-refractivity contribution in [1.29, 1.82) is 0 Å². The molecule has 0 saturated carbocycles. The van der Waals surface area contributed by atoms with E-state index in [0.29, 0.717) is 35.4 Å². The molecule has 0 radical (unpaired) electrons. The lowest BCUT2D eigenvalue weighted by molar-refractivity contribution is -0.120. The predicted molar refractivity (Wildman–Crippen MR) is 142 cm³/mol. The number of rotatable bonds is 5. The smallest absolute Gasteiger partial charge is 0.305 e. The topological polar surface area (TPSA) is 126 Å². The number of aryl methyl sites for hydroxylation is 3. The van der Waals surface area contributed by atoms with Crippen molar-refractivity contribution >= 4 is 34.4 Å². The maximum Gasteiger partial charge on any atom is 0.305 e. The first-order valence-electron chi connectivity index (χ1n) is 12.5. The Hall–Kier alpha value is -4.73. The average molecular weight is 531 g/mol. The average Bonchev–Trinajstić information content (AvgIpc) is 3.49. The van der Waals surface area contributed by atoms with Gasteiger partial charge in [0.25, 0.3) is 5.91 Å². The van der Waals surface area contributed by atoms with Gasteiger partial charge >= 0.3 is 5.91 Å². The molecule has 0 fully saturated rings. The van der Waals surface area contributed by atoms with E-state index in [-0.39, 0.29) is 23.7 Å². The first-order valence-corrected chi connectivity index (χ1v) is 12.5. The Morgan fingerprint density at radius 2 is 1.74 bits per heavy atom. The molecule has 0 saturated heterocycles. The highest BCUT2D eigenvalue weighted by Crippen LogP contribution is 2.30. The van der Waals surface area contributed by atoms with E-state index in [9.17, 15) is 18.8 Å². The Morgan fingerprint density at radius 1 is 0.974 bits per heavy atom. The number of fused-ring (bicyclic) bond motifs is 2. The van der Waals surface area contributed by atoms with Gasteiger partial charge in [-0.25, -0.2) is 9.82 Å². The van der Waals surface area contributed by atoms with Gasteiger partial charge in [-0.1, -0.05) is 24.3 Å². The monoisotopic (exact) mass is 530 g/mol. The van der Waals surface area contributed by atoms with Gasteiger partial charge in [-0.05, 0) is 56.9 Å². The minimum absolute atomic E-state index is 0.00490. The summed E-state index contributed by atoms with van der Waals surface area (Å²) in [7, 11) is 0. The fraction of sp³-hybridized carbons (Fsp3) is 0.241. The van der Waals surface area contributed by atoms with Crippen molar-refractivity contribution in [3.05, 3.63) is 93.4 Å². The molecule has 9 nitrogen and oxygen atoms in total. The standard InChI is InChI=1S/C29H27FN4O5/c1-15-11-12-19-18(14-38-26(19)16(15)2)13-24(35)32-31-22-9-6-10-23-25(22)17(3)27(39-23)29(37)34-33-28(36)20-7-4-5-8-21(20)30/h4-5,7-8,11-12,14H,6,9-10,13H2,1-3H3,(H,32,35)(H,33,36)(H,34,37)/b31-22+.